The van der Waals surface area contributed by atoms with Crippen LogP contribution in [-0.2, 0) is 9.59 Å². The van der Waals surface area contributed by atoms with E-state index >= 15 is 0 Å². The van der Waals surface area contributed by atoms with Crippen molar-refractivity contribution in [3.05, 3.63) is 59.4 Å². The maximum atomic E-state index is 14.0. The van der Waals surface area contributed by atoms with Gasteiger partial charge in [-0.2, -0.15) is 0 Å². The Balaban J connectivity index is 1.44. The molecule has 2 saturated heterocycles. The number of halogens is 2. The number of quaternary nitrogens is 1. The van der Waals surface area contributed by atoms with E-state index in [-0.39, 0.29) is 30.1 Å². The van der Waals surface area contributed by atoms with E-state index in [0.717, 1.165) is 4.90 Å². The molecule has 1 N–H and O–H groups in total. The molecule has 2 aliphatic heterocycles. The van der Waals surface area contributed by atoms with Crippen molar-refractivity contribution in [3.8, 4) is 0 Å². The van der Waals surface area contributed by atoms with Gasteiger partial charge in [0.05, 0.1) is 44.0 Å². The second kappa shape index (κ2) is 7.29. The number of benzene rings is 2. The van der Waals surface area contributed by atoms with Crippen LogP contribution >= 0.6 is 11.6 Å². The number of nitrogens with zero attached hydrogens (tertiary/aromatic N) is 2. The molecule has 0 unspecified atom stereocenters. The molecule has 2 aliphatic rings. The van der Waals surface area contributed by atoms with Gasteiger partial charge < -0.3 is 9.80 Å². The average molecular weight is 389 g/mol. The lowest BCUT2D eigenvalue weighted by Gasteiger charge is -2.35. The first-order chi connectivity index (χ1) is 13.0. The Morgan fingerprint density at radius 2 is 1.67 bits per heavy atom. The second-order valence-corrected chi connectivity index (χ2v) is 7.33. The van der Waals surface area contributed by atoms with Gasteiger partial charge in [0.1, 0.15) is 5.82 Å². The van der Waals surface area contributed by atoms with Crippen molar-refractivity contribution in [2.45, 2.75) is 12.5 Å². The van der Waals surface area contributed by atoms with Crippen LogP contribution in [-0.4, -0.2) is 44.0 Å². The van der Waals surface area contributed by atoms with Crippen LogP contribution in [0.15, 0.2) is 48.5 Å². The summed E-state index contributed by atoms with van der Waals surface area (Å²) in [4.78, 5) is 29.7. The standard InChI is InChI=1S/C20H19ClFN3O2/c21-14-5-7-15(8-6-14)25-19(26)13-18(20(25)27)24-11-9-23(10-12-24)17-4-2-1-3-16(17)22/h1-8,18H,9-13H2/p+1/t18-/m1/s1. The van der Waals surface area contributed by atoms with Crippen LogP contribution in [0.4, 0.5) is 15.8 Å². The van der Waals surface area contributed by atoms with Gasteiger partial charge in [0.2, 0.25) is 5.91 Å². The van der Waals surface area contributed by atoms with E-state index in [0.29, 0.717) is 42.6 Å². The zero-order chi connectivity index (χ0) is 19.0. The fraction of sp³-hybridized carbons (Fsp3) is 0.300. The Kier molecular flexibility index (Phi) is 4.85. The zero-order valence-corrected chi connectivity index (χ0v) is 15.5. The lowest BCUT2D eigenvalue weighted by atomic mass is 10.1. The SMILES string of the molecule is O=C1C[C@@H]([NH+]2CCN(c3ccccc3F)CC2)C(=O)N1c1ccc(Cl)cc1. The van der Waals surface area contributed by atoms with Crippen molar-refractivity contribution in [3.63, 3.8) is 0 Å². The normalized spacial score (nSPS) is 21.2. The van der Waals surface area contributed by atoms with Crippen molar-refractivity contribution in [1.82, 2.24) is 0 Å². The van der Waals surface area contributed by atoms with E-state index in [1.165, 1.54) is 11.0 Å². The summed E-state index contributed by atoms with van der Waals surface area (Å²) >= 11 is 5.89. The highest BCUT2D eigenvalue weighted by atomic mass is 35.5. The van der Waals surface area contributed by atoms with Crippen molar-refractivity contribution in [2.75, 3.05) is 36.0 Å². The van der Waals surface area contributed by atoms with Gasteiger partial charge in [0.25, 0.3) is 5.91 Å². The van der Waals surface area contributed by atoms with Crippen molar-refractivity contribution < 1.29 is 18.9 Å². The van der Waals surface area contributed by atoms with Gasteiger partial charge in [-0.15, -0.1) is 0 Å². The minimum atomic E-state index is -0.379. The van der Waals surface area contributed by atoms with Crippen LogP contribution in [0.2, 0.25) is 5.02 Å². The van der Waals surface area contributed by atoms with Gasteiger partial charge in [-0.3, -0.25) is 9.59 Å². The summed E-state index contributed by atoms with van der Waals surface area (Å²) in [6.45, 7) is 2.67. The number of imide groups is 1. The Bertz CT molecular complexity index is 866. The van der Waals surface area contributed by atoms with Crippen LogP contribution in [0.5, 0.6) is 0 Å². The number of nitrogens with one attached hydrogen (secondary N) is 1. The van der Waals surface area contributed by atoms with Crippen molar-refractivity contribution in [1.29, 1.82) is 0 Å². The molecule has 2 aromatic carbocycles. The fourth-order valence-corrected chi connectivity index (χ4v) is 4.03. The number of hydrogen-bond acceptors (Lipinski definition) is 3. The summed E-state index contributed by atoms with van der Waals surface area (Å²) in [7, 11) is 0. The van der Waals surface area contributed by atoms with Gasteiger partial charge in [-0.05, 0) is 36.4 Å². The molecule has 2 amide bonds. The third-order valence-corrected chi connectivity index (χ3v) is 5.58. The molecule has 0 bridgehead atoms. The first kappa shape index (κ1) is 17.9. The molecule has 2 aromatic rings. The fourth-order valence-electron chi connectivity index (χ4n) is 3.90. The summed E-state index contributed by atoms with van der Waals surface area (Å²) in [5, 5.41) is 0.560. The molecular formula is C20H20ClFN3O2+. The van der Waals surface area contributed by atoms with E-state index in [9.17, 15) is 14.0 Å². The van der Waals surface area contributed by atoms with E-state index in [4.69, 9.17) is 11.6 Å². The minimum absolute atomic E-state index is 0.170. The number of hydrogen-bond donors (Lipinski definition) is 1. The zero-order valence-electron chi connectivity index (χ0n) is 14.7. The first-order valence-electron chi connectivity index (χ1n) is 9.01. The number of anilines is 2. The highest BCUT2D eigenvalue weighted by Crippen LogP contribution is 2.24. The smallest absolute Gasteiger partial charge is 0.292 e. The third-order valence-electron chi connectivity index (χ3n) is 5.32. The summed E-state index contributed by atoms with van der Waals surface area (Å²) in [6, 6.07) is 13.1. The van der Waals surface area contributed by atoms with Gasteiger partial charge >= 0.3 is 0 Å². The Morgan fingerprint density at radius 3 is 2.33 bits per heavy atom. The molecule has 5 nitrogen and oxygen atoms in total. The van der Waals surface area contributed by atoms with E-state index in [1.54, 1.807) is 36.4 Å². The molecule has 7 heteroatoms. The quantitative estimate of drug-likeness (QED) is 0.811. The van der Waals surface area contributed by atoms with Crippen LogP contribution in [0, 0.1) is 5.82 Å². The minimum Gasteiger partial charge on any atom is -0.358 e. The molecule has 0 saturated carbocycles. The first-order valence-corrected chi connectivity index (χ1v) is 9.39. The Morgan fingerprint density at radius 1 is 1.00 bits per heavy atom. The highest BCUT2D eigenvalue weighted by Gasteiger charge is 2.46. The number of amides is 2. The maximum Gasteiger partial charge on any atom is 0.292 e. The van der Waals surface area contributed by atoms with Gasteiger partial charge in [0.15, 0.2) is 6.04 Å². The lowest BCUT2D eigenvalue weighted by molar-refractivity contribution is -0.915. The molecular weight excluding hydrogens is 369 g/mol. The molecule has 2 fully saturated rings. The van der Waals surface area contributed by atoms with Gasteiger partial charge in [0, 0.05) is 5.02 Å². The molecule has 1 atom stereocenters. The predicted octanol–water partition coefficient (Wildman–Crippen LogP) is 1.52. The van der Waals surface area contributed by atoms with Crippen LogP contribution in [0.1, 0.15) is 6.42 Å². The van der Waals surface area contributed by atoms with Crippen LogP contribution in [0.3, 0.4) is 0 Å². The second-order valence-electron chi connectivity index (χ2n) is 6.90. The summed E-state index contributed by atoms with van der Waals surface area (Å²) in [5.74, 6) is -0.588. The molecule has 2 heterocycles. The molecule has 140 valence electrons. The molecule has 0 radical (unpaired) electrons. The van der Waals surface area contributed by atoms with E-state index in [2.05, 4.69) is 0 Å². The molecule has 0 aromatic heterocycles. The molecule has 27 heavy (non-hydrogen) atoms. The summed E-state index contributed by atoms with van der Waals surface area (Å²) in [6.07, 6.45) is 0.205. The van der Waals surface area contributed by atoms with Crippen LogP contribution in [0.25, 0.3) is 0 Å². The number of para-hydroxylation sites is 1. The van der Waals surface area contributed by atoms with Crippen molar-refractivity contribution in [2.24, 2.45) is 0 Å². The van der Waals surface area contributed by atoms with E-state index < -0.39 is 0 Å². The monoisotopic (exact) mass is 388 g/mol. The third kappa shape index (κ3) is 3.42. The topological polar surface area (TPSA) is 45.1 Å². The Labute approximate surface area is 161 Å². The lowest BCUT2D eigenvalue weighted by Crippen LogP contribution is -3.19. The summed E-state index contributed by atoms with van der Waals surface area (Å²) in [5.41, 5.74) is 1.15. The Hall–Kier alpha value is -2.44. The number of carbonyl (C=O) groups is 2. The van der Waals surface area contributed by atoms with E-state index in [1.807, 2.05) is 11.0 Å². The maximum absolute atomic E-state index is 14.0. The molecule has 0 spiro atoms. The van der Waals surface area contributed by atoms with Crippen LogP contribution < -0.4 is 14.7 Å². The predicted molar refractivity (Wildman–Crippen MR) is 102 cm³/mol. The number of piperazine rings is 1. The highest BCUT2D eigenvalue weighted by molar-refractivity contribution is 6.30. The number of carbonyl (C=O) groups excluding carboxylic acids is 2. The molecule has 0 aliphatic carbocycles. The number of rotatable bonds is 3. The van der Waals surface area contributed by atoms with Gasteiger partial charge in [-0.1, -0.05) is 23.7 Å². The largest absolute Gasteiger partial charge is 0.358 e. The van der Waals surface area contributed by atoms with Gasteiger partial charge in [-0.25, -0.2) is 9.29 Å². The molecule has 4 rings (SSSR count). The average Bonchev–Trinajstić information content (AvgIpc) is 2.97. The van der Waals surface area contributed by atoms with Crippen molar-refractivity contribution >= 4 is 34.8 Å². The summed E-state index contributed by atoms with van der Waals surface area (Å²) < 4.78 is 14.0.